The van der Waals surface area contributed by atoms with Crippen LogP contribution in [0.4, 0.5) is 5.69 Å². The number of aliphatic hydroxyl groups is 1. The first-order valence-electron chi connectivity index (χ1n) is 12.2. The largest absolute Gasteiger partial charge is 0.507 e. The molecule has 1 unspecified atom stereocenters. The molecule has 8 heteroatoms. The number of hydrogen-bond donors (Lipinski definition) is 1. The van der Waals surface area contributed by atoms with Gasteiger partial charge in [0.25, 0.3) is 11.7 Å². The molecule has 1 N–H and O–H groups in total. The van der Waals surface area contributed by atoms with E-state index in [9.17, 15) is 14.7 Å². The molecule has 38 heavy (non-hydrogen) atoms. The predicted molar refractivity (Wildman–Crippen MR) is 144 cm³/mol. The van der Waals surface area contributed by atoms with Gasteiger partial charge < -0.3 is 24.1 Å². The number of aryl methyl sites for hydroxylation is 2. The highest BCUT2D eigenvalue weighted by Gasteiger charge is 2.47. The van der Waals surface area contributed by atoms with Crippen LogP contribution in [0.2, 0.25) is 0 Å². The Bertz CT molecular complexity index is 1430. The molecule has 8 nitrogen and oxygen atoms in total. The fraction of sp³-hybridized carbons (Fsp3) is 0.267. The van der Waals surface area contributed by atoms with Gasteiger partial charge in [-0.2, -0.15) is 0 Å². The molecule has 0 bridgehead atoms. The number of aliphatic hydroxyl groups excluding tert-OH is 1. The highest BCUT2D eigenvalue weighted by atomic mass is 16.5. The van der Waals surface area contributed by atoms with Crippen LogP contribution in [-0.4, -0.2) is 44.7 Å². The van der Waals surface area contributed by atoms with Gasteiger partial charge in [-0.05, 0) is 62.2 Å². The lowest BCUT2D eigenvalue weighted by atomic mass is 9.94. The third kappa shape index (κ3) is 4.65. The van der Waals surface area contributed by atoms with E-state index in [0.29, 0.717) is 40.9 Å². The Morgan fingerprint density at radius 1 is 0.868 bits per heavy atom. The third-order valence-electron chi connectivity index (χ3n) is 6.52. The van der Waals surface area contributed by atoms with Crippen LogP contribution < -0.4 is 23.8 Å². The molecule has 4 rings (SSSR count). The molecule has 1 heterocycles. The van der Waals surface area contributed by atoms with E-state index < -0.39 is 17.7 Å². The number of ether oxygens (including phenoxy) is 4. The summed E-state index contributed by atoms with van der Waals surface area (Å²) in [6.45, 7) is 6.07. The number of hydrogen-bond acceptors (Lipinski definition) is 7. The van der Waals surface area contributed by atoms with Crippen molar-refractivity contribution < 1.29 is 33.6 Å². The van der Waals surface area contributed by atoms with Crippen molar-refractivity contribution >= 4 is 23.1 Å². The van der Waals surface area contributed by atoms with Crippen molar-refractivity contribution in [2.75, 3.05) is 32.8 Å². The predicted octanol–water partition coefficient (Wildman–Crippen LogP) is 5.35. The van der Waals surface area contributed by atoms with Crippen molar-refractivity contribution in [3.05, 3.63) is 82.4 Å². The van der Waals surface area contributed by atoms with Crippen LogP contribution in [-0.2, 0) is 9.59 Å². The van der Waals surface area contributed by atoms with Crippen molar-refractivity contribution in [3.63, 3.8) is 0 Å². The summed E-state index contributed by atoms with van der Waals surface area (Å²) in [6, 6.07) is 14.7. The number of methoxy groups -OCH3 is 3. The van der Waals surface area contributed by atoms with Gasteiger partial charge in [-0.1, -0.05) is 23.8 Å². The lowest BCUT2D eigenvalue weighted by molar-refractivity contribution is -0.132. The van der Waals surface area contributed by atoms with Crippen molar-refractivity contribution in [2.24, 2.45) is 0 Å². The summed E-state index contributed by atoms with van der Waals surface area (Å²) in [5.41, 5.74) is 3.17. The van der Waals surface area contributed by atoms with E-state index in [4.69, 9.17) is 18.9 Å². The molecule has 0 aromatic heterocycles. The van der Waals surface area contributed by atoms with Crippen LogP contribution in [0.1, 0.15) is 35.2 Å². The summed E-state index contributed by atoms with van der Waals surface area (Å²) in [5, 5.41) is 11.6. The minimum absolute atomic E-state index is 0.0638. The highest BCUT2D eigenvalue weighted by Crippen LogP contribution is 2.46. The summed E-state index contributed by atoms with van der Waals surface area (Å²) < 4.78 is 22.0. The average molecular weight is 518 g/mol. The number of ketones is 1. The third-order valence-corrected chi connectivity index (χ3v) is 6.52. The lowest BCUT2D eigenvalue weighted by Crippen LogP contribution is -2.30. The first kappa shape index (κ1) is 26.6. The Hall–Kier alpha value is -4.46. The molecule has 0 spiro atoms. The van der Waals surface area contributed by atoms with E-state index >= 15 is 0 Å². The molecular formula is C30H31NO7. The molecule has 1 aliphatic rings. The highest BCUT2D eigenvalue weighted by molar-refractivity contribution is 6.51. The van der Waals surface area contributed by atoms with Gasteiger partial charge in [0.05, 0.1) is 45.1 Å². The molecule has 1 aliphatic heterocycles. The fourth-order valence-electron chi connectivity index (χ4n) is 4.74. The summed E-state index contributed by atoms with van der Waals surface area (Å²) in [7, 11) is 4.51. The van der Waals surface area contributed by atoms with Gasteiger partial charge in [0.15, 0.2) is 11.5 Å². The zero-order valence-corrected chi connectivity index (χ0v) is 22.3. The zero-order chi connectivity index (χ0) is 27.6. The Labute approximate surface area is 222 Å². The molecule has 0 radical (unpaired) electrons. The Balaban J connectivity index is 2.01. The standard InChI is InChI=1S/C30H31NO7/c1-7-38-25-15-19(9-13-23(25)36-5)27-26(28(32)21-11-10-20(35-4)16-24(21)37-6)29(33)30(34)31(27)22-12-8-17(2)14-18(22)3/h8-16,27,32H,7H2,1-6H3/b28-26+. The summed E-state index contributed by atoms with van der Waals surface area (Å²) in [6.07, 6.45) is 0. The molecule has 1 amide bonds. The number of anilines is 1. The summed E-state index contributed by atoms with van der Waals surface area (Å²) in [5.74, 6) is -0.125. The van der Waals surface area contributed by atoms with Crippen molar-refractivity contribution in [2.45, 2.75) is 26.8 Å². The van der Waals surface area contributed by atoms with Crippen LogP contribution in [0.15, 0.2) is 60.2 Å². The maximum atomic E-state index is 13.6. The molecule has 1 fully saturated rings. The molecule has 198 valence electrons. The van der Waals surface area contributed by atoms with Gasteiger partial charge in [-0.15, -0.1) is 0 Å². The van der Waals surface area contributed by atoms with E-state index in [0.717, 1.165) is 11.1 Å². The second kappa shape index (κ2) is 10.9. The second-order valence-corrected chi connectivity index (χ2v) is 8.87. The molecule has 0 saturated carbocycles. The first-order chi connectivity index (χ1) is 18.2. The van der Waals surface area contributed by atoms with E-state index in [-0.39, 0.29) is 16.9 Å². The Morgan fingerprint density at radius 2 is 1.61 bits per heavy atom. The van der Waals surface area contributed by atoms with E-state index in [2.05, 4.69) is 0 Å². The van der Waals surface area contributed by atoms with E-state index in [1.807, 2.05) is 39.0 Å². The van der Waals surface area contributed by atoms with Gasteiger partial charge in [0, 0.05) is 11.8 Å². The smallest absolute Gasteiger partial charge is 0.300 e. The molecule has 3 aromatic carbocycles. The average Bonchev–Trinajstić information content (AvgIpc) is 3.18. The van der Waals surface area contributed by atoms with Gasteiger partial charge >= 0.3 is 0 Å². The monoisotopic (exact) mass is 517 g/mol. The topological polar surface area (TPSA) is 94.5 Å². The number of benzene rings is 3. The maximum absolute atomic E-state index is 13.6. The van der Waals surface area contributed by atoms with Crippen molar-refractivity contribution in [1.29, 1.82) is 0 Å². The number of Topliss-reactive ketones (excluding diaryl/α,β-unsaturated/α-hetero) is 1. The number of rotatable bonds is 8. The van der Waals surface area contributed by atoms with E-state index in [1.54, 1.807) is 36.4 Å². The summed E-state index contributed by atoms with van der Waals surface area (Å²) >= 11 is 0. The molecule has 1 saturated heterocycles. The Morgan fingerprint density at radius 3 is 2.24 bits per heavy atom. The summed E-state index contributed by atoms with van der Waals surface area (Å²) in [4.78, 5) is 28.6. The molecule has 3 aromatic rings. The van der Waals surface area contributed by atoms with Gasteiger partial charge in [0.1, 0.15) is 17.3 Å². The number of amides is 1. The van der Waals surface area contributed by atoms with Crippen LogP contribution in [0.5, 0.6) is 23.0 Å². The normalized spacial score (nSPS) is 16.5. The number of nitrogens with zero attached hydrogens (tertiary/aromatic N) is 1. The zero-order valence-electron chi connectivity index (χ0n) is 22.3. The van der Waals surface area contributed by atoms with Crippen LogP contribution in [0.25, 0.3) is 5.76 Å². The first-order valence-corrected chi connectivity index (χ1v) is 12.2. The second-order valence-electron chi connectivity index (χ2n) is 8.87. The molecular weight excluding hydrogens is 486 g/mol. The molecule has 0 aliphatic carbocycles. The van der Waals surface area contributed by atoms with Crippen molar-refractivity contribution in [1.82, 2.24) is 0 Å². The minimum atomic E-state index is -0.937. The quantitative estimate of drug-likeness (QED) is 0.244. The number of carbonyl (C=O) groups excluding carboxylic acids is 2. The minimum Gasteiger partial charge on any atom is -0.507 e. The van der Waals surface area contributed by atoms with Gasteiger partial charge in [0.2, 0.25) is 0 Å². The van der Waals surface area contributed by atoms with Crippen molar-refractivity contribution in [3.8, 4) is 23.0 Å². The number of carbonyl (C=O) groups is 2. The maximum Gasteiger partial charge on any atom is 0.300 e. The molecule has 1 atom stereocenters. The van der Waals surface area contributed by atoms with Crippen LogP contribution in [0, 0.1) is 13.8 Å². The lowest BCUT2D eigenvalue weighted by Gasteiger charge is -2.27. The fourth-order valence-corrected chi connectivity index (χ4v) is 4.74. The van der Waals surface area contributed by atoms with Gasteiger partial charge in [-0.3, -0.25) is 14.5 Å². The SMILES string of the molecule is CCOc1cc(C2/C(=C(\O)c3ccc(OC)cc3OC)C(=O)C(=O)N2c2ccc(C)cc2C)ccc1OC. The van der Waals surface area contributed by atoms with Gasteiger partial charge in [-0.25, -0.2) is 0 Å². The van der Waals surface area contributed by atoms with E-state index in [1.165, 1.54) is 26.2 Å². The Kier molecular flexibility index (Phi) is 7.62. The van der Waals surface area contributed by atoms with Crippen LogP contribution >= 0.6 is 0 Å². The van der Waals surface area contributed by atoms with Crippen LogP contribution in [0.3, 0.4) is 0 Å².